The normalized spacial score (nSPS) is 8.93. The molecule has 1 N–H and O–H groups in total. The number of carbonyl (C=O) groups is 1. The van der Waals surface area contributed by atoms with Gasteiger partial charge in [0.1, 0.15) is 5.56 Å². The number of hydrogen-bond donors (Lipinski definition) is 1. The Morgan fingerprint density at radius 3 is 2.43 bits per heavy atom. The van der Waals surface area contributed by atoms with E-state index >= 15 is 0 Å². The van der Waals surface area contributed by atoms with Crippen LogP contribution in [0.2, 0.25) is 0 Å². The van der Waals surface area contributed by atoms with Crippen LogP contribution in [0, 0.1) is 17.0 Å². The first-order valence-electron chi connectivity index (χ1n) is 3.51. The number of nitro groups is 1. The van der Waals surface area contributed by atoms with Gasteiger partial charge in [0, 0.05) is 5.56 Å². The molecular weight excluding hydrogens is 197 g/mol. The Balaban J connectivity index is 0.00000169. The van der Waals surface area contributed by atoms with Gasteiger partial charge in [-0.05, 0) is 13.0 Å². The first kappa shape index (κ1) is 13.1. The summed E-state index contributed by atoms with van der Waals surface area (Å²) in [6.07, 6.45) is 0. The van der Waals surface area contributed by atoms with Crippen molar-refractivity contribution >= 4 is 41.2 Å². The van der Waals surface area contributed by atoms with E-state index in [0.29, 0.717) is 5.56 Å². The molecule has 1 rings (SSSR count). The van der Waals surface area contributed by atoms with E-state index in [9.17, 15) is 14.9 Å². The topological polar surface area (TPSA) is 80.4 Å². The van der Waals surface area contributed by atoms with Crippen LogP contribution in [0.5, 0.6) is 0 Å². The second-order valence-electron chi connectivity index (χ2n) is 2.53. The van der Waals surface area contributed by atoms with Gasteiger partial charge in [0.25, 0.3) is 5.69 Å². The van der Waals surface area contributed by atoms with Crippen molar-refractivity contribution in [1.82, 2.24) is 0 Å². The predicted octanol–water partition coefficient (Wildman–Crippen LogP) is 0.953. The summed E-state index contributed by atoms with van der Waals surface area (Å²) in [6.45, 7) is 1.50. The molecule has 0 aliphatic carbocycles. The van der Waals surface area contributed by atoms with Crippen molar-refractivity contribution in [3.8, 4) is 0 Å². The minimum absolute atomic E-state index is 0. The Bertz CT molecular complexity index is 378. The second-order valence-corrected chi connectivity index (χ2v) is 2.53. The molecule has 0 unspecified atom stereocenters. The number of rotatable bonds is 2. The molecule has 5 nitrogen and oxygen atoms in total. The van der Waals surface area contributed by atoms with Gasteiger partial charge in [0.15, 0.2) is 0 Å². The van der Waals surface area contributed by atoms with Crippen LogP contribution in [-0.2, 0) is 0 Å². The number of aromatic carboxylic acids is 1. The van der Waals surface area contributed by atoms with Crippen LogP contribution in [0.25, 0.3) is 0 Å². The Kier molecular flexibility index (Phi) is 4.76. The fourth-order valence-corrected chi connectivity index (χ4v) is 1.07. The first-order chi connectivity index (χ1) is 6.04. The number of hydrogen-bond acceptors (Lipinski definition) is 3. The van der Waals surface area contributed by atoms with Gasteiger partial charge >= 0.3 is 35.5 Å². The molecular formula is C8H8NNaO4. The number of benzene rings is 1. The van der Waals surface area contributed by atoms with Crippen molar-refractivity contribution in [1.29, 1.82) is 0 Å². The predicted molar refractivity (Wildman–Crippen MR) is 51.9 cm³/mol. The van der Waals surface area contributed by atoms with Crippen LogP contribution >= 0.6 is 0 Å². The van der Waals surface area contributed by atoms with Crippen LogP contribution in [0.3, 0.4) is 0 Å². The van der Waals surface area contributed by atoms with Gasteiger partial charge in [0.05, 0.1) is 4.92 Å². The van der Waals surface area contributed by atoms with Gasteiger partial charge in [-0.1, -0.05) is 12.1 Å². The summed E-state index contributed by atoms with van der Waals surface area (Å²) in [6, 6.07) is 4.20. The van der Waals surface area contributed by atoms with Crippen LogP contribution in [-0.4, -0.2) is 45.6 Å². The Morgan fingerprint density at radius 1 is 1.50 bits per heavy atom. The third kappa shape index (κ3) is 2.54. The number of aryl methyl sites for hydroxylation is 1. The van der Waals surface area contributed by atoms with Crippen LogP contribution in [0.4, 0.5) is 5.69 Å². The molecule has 0 saturated carbocycles. The molecule has 0 fully saturated rings. The van der Waals surface area contributed by atoms with Crippen molar-refractivity contribution < 1.29 is 14.8 Å². The molecule has 14 heavy (non-hydrogen) atoms. The van der Waals surface area contributed by atoms with E-state index < -0.39 is 10.9 Å². The van der Waals surface area contributed by atoms with Crippen LogP contribution in [0.1, 0.15) is 15.9 Å². The zero-order chi connectivity index (χ0) is 10.0. The third-order valence-electron chi connectivity index (χ3n) is 1.65. The van der Waals surface area contributed by atoms with Gasteiger partial charge in [0.2, 0.25) is 0 Å². The van der Waals surface area contributed by atoms with Crippen LogP contribution in [0.15, 0.2) is 18.2 Å². The summed E-state index contributed by atoms with van der Waals surface area (Å²) >= 11 is 0. The van der Waals surface area contributed by atoms with E-state index in [1.807, 2.05) is 0 Å². The van der Waals surface area contributed by atoms with Gasteiger partial charge in [-0.15, -0.1) is 0 Å². The van der Waals surface area contributed by atoms with Crippen molar-refractivity contribution in [2.45, 2.75) is 6.92 Å². The van der Waals surface area contributed by atoms with Gasteiger partial charge < -0.3 is 5.11 Å². The summed E-state index contributed by atoms with van der Waals surface area (Å²) in [5.41, 5.74) is -0.259. The quantitative estimate of drug-likeness (QED) is 0.442. The monoisotopic (exact) mass is 205 g/mol. The summed E-state index contributed by atoms with van der Waals surface area (Å²) in [7, 11) is 0. The molecule has 1 aromatic carbocycles. The molecule has 0 bridgehead atoms. The zero-order valence-electron chi connectivity index (χ0n) is 6.85. The number of nitrogens with zero attached hydrogens (tertiary/aromatic N) is 1. The van der Waals surface area contributed by atoms with Crippen molar-refractivity contribution in [3.05, 3.63) is 39.4 Å². The second kappa shape index (κ2) is 5.09. The van der Waals surface area contributed by atoms with E-state index in [2.05, 4.69) is 0 Å². The molecule has 0 atom stereocenters. The van der Waals surface area contributed by atoms with Crippen molar-refractivity contribution in [2.75, 3.05) is 0 Å². The first-order valence-corrected chi connectivity index (χ1v) is 3.51. The SMILES string of the molecule is Cc1cccc(C(=O)O)c1[N+](=O)[O-].[NaH]. The molecule has 0 radical (unpaired) electrons. The van der Waals surface area contributed by atoms with Crippen molar-refractivity contribution in [3.63, 3.8) is 0 Å². The Hall–Kier alpha value is -0.910. The van der Waals surface area contributed by atoms with E-state index in [1.54, 1.807) is 0 Å². The average Bonchev–Trinajstić information content (AvgIpc) is 2.02. The molecule has 0 heterocycles. The van der Waals surface area contributed by atoms with E-state index in [4.69, 9.17) is 5.11 Å². The number of carboxylic acids is 1. The fraction of sp³-hybridized carbons (Fsp3) is 0.125. The molecule has 6 heteroatoms. The van der Waals surface area contributed by atoms with E-state index in [1.165, 1.54) is 25.1 Å². The Labute approximate surface area is 102 Å². The van der Waals surface area contributed by atoms with Crippen molar-refractivity contribution in [2.24, 2.45) is 0 Å². The molecule has 0 spiro atoms. The molecule has 0 aliphatic heterocycles. The Morgan fingerprint density at radius 2 is 2.07 bits per heavy atom. The summed E-state index contributed by atoms with van der Waals surface area (Å²) < 4.78 is 0. The number of carboxylic acid groups (broad SMARTS) is 1. The standard InChI is InChI=1S/C8H7NO4.Na.H/c1-5-3-2-4-6(8(10)11)7(5)9(12)13;;/h2-4H,1H3,(H,10,11);;. The minimum atomic E-state index is -1.28. The van der Waals surface area contributed by atoms with Gasteiger partial charge in [-0.25, -0.2) is 4.79 Å². The molecule has 0 amide bonds. The third-order valence-corrected chi connectivity index (χ3v) is 1.65. The summed E-state index contributed by atoms with van der Waals surface area (Å²) in [5, 5.41) is 19.1. The maximum absolute atomic E-state index is 10.6. The molecule has 70 valence electrons. The maximum atomic E-state index is 10.6. The fourth-order valence-electron chi connectivity index (χ4n) is 1.07. The molecule has 1 aromatic rings. The van der Waals surface area contributed by atoms with Gasteiger partial charge in [-0.3, -0.25) is 10.1 Å². The average molecular weight is 205 g/mol. The molecule has 0 saturated heterocycles. The number of para-hydroxylation sites is 1. The molecule has 0 aliphatic rings. The number of nitro benzene ring substituents is 1. The van der Waals surface area contributed by atoms with E-state index in [0.717, 1.165) is 0 Å². The zero-order valence-corrected chi connectivity index (χ0v) is 6.85. The van der Waals surface area contributed by atoms with E-state index in [-0.39, 0.29) is 40.8 Å². The summed E-state index contributed by atoms with van der Waals surface area (Å²) in [5.74, 6) is -1.28. The van der Waals surface area contributed by atoms with Crippen LogP contribution < -0.4 is 0 Å². The molecule has 0 aromatic heterocycles. The van der Waals surface area contributed by atoms with Gasteiger partial charge in [-0.2, -0.15) is 0 Å². The summed E-state index contributed by atoms with van der Waals surface area (Å²) in [4.78, 5) is 20.4.